The van der Waals surface area contributed by atoms with Crippen LogP contribution >= 0.6 is 0 Å². The summed E-state index contributed by atoms with van der Waals surface area (Å²) in [5, 5.41) is 2.79. The highest BCUT2D eigenvalue weighted by molar-refractivity contribution is 7.90. The number of ether oxygens (including phenoxy) is 1. The number of rotatable bonds is 5. The van der Waals surface area contributed by atoms with Gasteiger partial charge in [-0.25, -0.2) is 12.8 Å². The summed E-state index contributed by atoms with van der Waals surface area (Å²) >= 11 is 0. The number of halogens is 1. The molecule has 0 aromatic heterocycles. The predicted octanol–water partition coefficient (Wildman–Crippen LogP) is 1.14. The van der Waals surface area contributed by atoms with Gasteiger partial charge in [-0.15, -0.1) is 0 Å². The van der Waals surface area contributed by atoms with Gasteiger partial charge in [-0.2, -0.15) is 0 Å². The van der Waals surface area contributed by atoms with Gasteiger partial charge in [0.15, 0.2) is 0 Å². The lowest BCUT2D eigenvalue weighted by Gasteiger charge is -2.16. The van der Waals surface area contributed by atoms with Gasteiger partial charge >= 0.3 is 0 Å². The standard InChI is InChI=1S/C11H16FNO3S/c1-13-11(7-17(3,14)15)9-5-4-8(16-2)6-10(9)12/h4-6,11,13H,7H2,1-3H3. The van der Waals surface area contributed by atoms with Crippen molar-refractivity contribution in [3.8, 4) is 5.75 Å². The summed E-state index contributed by atoms with van der Waals surface area (Å²) in [5.74, 6) is -0.222. The van der Waals surface area contributed by atoms with E-state index >= 15 is 0 Å². The molecule has 1 unspecified atom stereocenters. The van der Waals surface area contributed by atoms with Gasteiger partial charge in [0, 0.05) is 23.9 Å². The lowest BCUT2D eigenvalue weighted by atomic mass is 10.1. The Morgan fingerprint density at radius 1 is 1.47 bits per heavy atom. The zero-order chi connectivity index (χ0) is 13.1. The maximum absolute atomic E-state index is 13.7. The number of sulfone groups is 1. The van der Waals surface area contributed by atoms with Crippen molar-refractivity contribution in [2.24, 2.45) is 0 Å². The topological polar surface area (TPSA) is 55.4 Å². The first kappa shape index (κ1) is 13.9. The van der Waals surface area contributed by atoms with Crippen molar-refractivity contribution in [2.45, 2.75) is 6.04 Å². The normalized spacial score (nSPS) is 13.4. The maximum Gasteiger partial charge on any atom is 0.149 e. The van der Waals surface area contributed by atoms with Crippen LogP contribution in [0.3, 0.4) is 0 Å². The highest BCUT2D eigenvalue weighted by Gasteiger charge is 2.19. The summed E-state index contributed by atoms with van der Waals surface area (Å²) in [5.41, 5.74) is 0.318. The molecule has 0 aliphatic rings. The lowest BCUT2D eigenvalue weighted by molar-refractivity contribution is 0.410. The fourth-order valence-corrected chi connectivity index (χ4v) is 2.50. The molecule has 0 saturated carbocycles. The number of hydrogen-bond donors (Lipinski definition) is 1. The molecule has 0 aliphatic carbocycles. The monoisotopic (exact) mass is 261 g/mol. The predicted molar refractivity (Wildman–Crippen MR) is 64.5 cm³/mol. The smallest absolute Gasteiger partial charge is 0.149 e. The van der Waals surface area contributed by atoms with Gasteiger partial charge in [-0.3, -0.25) is 0 Å². The Bertz CT molecular complexity index is 487. The molecule has 0 saturated heterocycles. The third kappa shape index (κ3) is 3.98. The molecule has 1 aromatic carbocycles. The average molecular weight is 261 g/mol. The third-order valence-corrected chi connectivity index (χ3v) is 3.34. The van der Waals surface area contributed by atoms with Gasteiger partial charge in [0.25, 0.3) is 0 Å². The second-order valence-corrected chi connectivity index (χ2v) is 6.01. The molecule has 1 rings (SSSR count). The van der Waals surface area contributed by atoms with Crippen molar-refractivity contribution in [3.05, 3.63) is 29.6 Å². The highest BCUT2D eigenvalue weighted by Crippen LogP contribution is 2.22. The van der Waals surface area contributed by atoms with E-state index in [0.717, 1.165) is 6.26 Å². The molecule has 1 atom stereocenters. The minimum atomic E-state index is -3.18. The van der Waals surface area contributed by atoms with Crippen molar-refractivity contribution in [2.75, 3.05) is 26.2 Å². The molecule has 0 spiro atoms. The Balaban J connectivity index is 3.04. The Labute approximate surface area is 101 Å². The third-order valence-electron chi connectivity index (χ3n) is 2.40. The summed E-state index contributed by atoms with van der Waals surface area (Å²) < 4.78 is 41.1. The quantitative estimate of drug-likeness (QED) is 0.863. The van der Waals surface area contributed by atoms with Gasteiger partial charge in [-0.05, 0) is 13.1 Å². The van der Waals surface area contributed by atoms with Crippen molar-refractivity contribution in [3.63, 3.8) is 0 Å². The van der Waals surface area contributed by atoms with Gasteiger partial charge in [0.2, 0.25) is 0 Å². The first-order valence-electron chi connectivity index (χ1n) is 5.06. The zero-order valence-corrected chi connectivity index (χ0v) is 10.8. The number of hydrogen-bond acceptors (Lipinski definition) is 4. The van der Waals surface area contributed by atoms with Crippen LogP contribution < -0.4 is 10.1 Å². The van der Waals surface area contributed by atoms with E-state index in [1.165, 1.54) is 19.2 Å². The van der Waals surface area contributed by atoms with Crippen LogP contribution in [0.4, 0.5) is 4.39 Å². The van der Waals surface area contributed by atoms with E-state index in [9.17, 15) is 12.8 Å². The largest absolute Gasteiger partial charge is 0.497 e. The van der Waals surface area contributed by atoms with E-state index in [2.05, 4.69) is 5.32 Å². The zero-order valence-electron chi connectivity index (χ0n) is 10.0. The molecular formula is C11H16FNO3S. The van der Waals surface area contributed by atoms with E-state index in [-0.39, 0.29) is 5.75 Å². The summed E-state index contributed by atoms with van der Waals surface area (Å²) in [4.78, 5) is 0. The lowest BCUT2D eigenvalue weighted by Crippen LogP contribution is -2.25. The average Bonchev–Trinajstić information content (AvgIpc) is 2.24. The van der Waals surface area contributed by atoms with Gasteiger partial charge < -0.3 is 10.1 Å². The number of benzene rings is 1. The highest BCUT2D eigenvalue weighted by atomic mass is 32.2. The van der Waals surface area contributed by atoms with Crippen LogP contribution in [0.2, 0.25) is 0 Å². The Kier molecular flexibility index (Phi) is 4.47. The van der Waals surface area contributed by atoms with Crippen molar-refractivity contribution < 1.29 is 17.5 Å². The van der Waals surface area contributed by atoms with Crippen LogP contribution in [-0.4, -0.2) is 34.6 Å². The van der Waals surface area contributed by atoms with E-state index < -0.39 is 21.7 Å². The van der Waals surface area contributed by atoms with E-state index in [0.29, 0.717) is 11.3 Å². The molecule has 0 radical (unpaired) electrons. The fourth-order valence-electron chi connectivity index (χ4n) is 1.55. The maximum atomic E-state index is 13.7. The molecule has 96 valence electrons. The number of nitrogens with one attached hydrogen (secondary N) is 1. The molecular weight excluding hydrogens is 245 g/mol. The van der Waals surface area contributed by atoms with Crippen LogP contribution in [0, 0.1) is 5.82 Å². The summed E-state index contributed by atoms with van der Waals surface area (Å²) in [6, 6.07) is 3.81. The summed E-state index contributed by atoms with van der Waals surface area (Å²) in [6.45, 7) is 0. The van der Waals surface area contributed by atoms with Crippen LogP contribution in [0.15, 0.2) is 18.2 Å². The van der Waals surface area contributed by atoms with Crippen LogP contribution in [0.1, 0.15) is 11.6 Å². The van der Waals surface area contributed by atoms with Gasteiger partial charge in [-0.1, -0.05) is 6.07 Å². The molecule has 6 heteroatoms. The minimum absolute atomic E-state index is 0.146. The van der Waals surface area contributed by atoms with Crippen LogP contribution in [-0.2, 0) is 9.84 Å². The molecule has 0 fully saturated rings. The SMILES string of the molecule is CNC(CS(C)(=O)=O)c1ccc(OC)cc1F. The van der Waals surface area contributed by atoms with E-state index in [4.69, 9.17) is 4.74 Å². The van der Waals surface area contributed by atoms with Crippen molar-refractivity contribution >= 4 is 9.84 Å². The minimum Gasteiger partial charge on any atom is -0.497 e. The summed E-state index contributed by atoms with van der Waals surface area (Å²) in [7, 11) is -0.135. The van der Waals surface area contributed by atoms with Crippen molar-refractivity contribution in [1.82, 2.24) is 5.32 Å². The first-order chi connectivity index (χ1) is 7.87. The first-order valence-corrected chi connectivity index (χ1v) is 7.12. The molecule has 0 amide bonds. The number of methoxy groups -OCH3 is 1. The van der Waals surface area contributed by atoms with Crippen LogP contribution in [0.5, 0.6) is 5.75 Å². The fraction of sp³-hybridized carbons (Fsp3) is 0.455. The Morgan fingerprint density at radius 3 is 2.53 bits per heavy atom. The molecule has 1 aromatic rings. The second kappa shape index (κ2) is 5.46. The molecule has 0 bridgehead atoms. The van der Waals surface area contributed by atoms with E-state index in [1.54, 1.807) is 13.1 Å². The molecule has 17 heavy (non-hydrogen) atoms. The van der Waals surface area contributed by atoms with Gasteiger partial charge in [0.1, 0.15) is 21.4 Å². The molecule has 0 heterocycles. The van der Waals surface area contributed by atoms with Crippen molar-refractivity contribution in [1.29, 1.82) is 0 Å². The molecule has 4 nitrogen and oxygen atoms in total. The van der Waals surface area contributed by atoms with E-state index in [1.807, 2.05) is 0 Å². The van der Waals surface area contributed by atoms with Crippen LogP contribution in [0.25, 0.3) is 0 Å². The van der Waals surface area contributed by atoms with Gasteiger partial charge in [0.05, 0.1) is 12.9 Å². The Morgan fingerprint density at radius 2 is 2.12 bits per heavy atom. The second-order valence-electron chi connectivity index (χ2n) is 3.82. The Hall–Kier alpha value is -1.14. The summed E-state index contributed by atoms with van der Waals surface area (Å²) in [6.07, 6.45) is 1.12. The molecule has 1 N–H and O–H groups in total. The molecule has 0 aliphatic heterocycles.